The van der Waals surface area contributed by atoms with Crippen LogP contribution in [-0.2, 0) is 19.8 Å². The van der Waals surface area contributed by atoms with Crippen molar-refractivity contribution in [2.24, 2.45) is 0 Å². The molecule has 3 rings (SSSR count). The molecule has 0 bridgehead atoms. The average molecular weight is 326 g/mol. The first kappa shape index (κ1) is 17.2. The van der Waals surface area contributed by atoms with E-state index >= 15 is 0 Å². The van der Waals surface area contributed by atoms with Gasteiger partial charge in [-0.2, -0.15) is 0 Å². The Bertz CT molecular complexity index is 601. The normalized spacial score (nSPS) is 24.2. The van der Waals surface area contributed by atoms with E-state index in [1.807, 2.05) is 43.3 Å². The van der Waals surface area contributed by atoms with E-state index in [0.717, 1.165) is 24.0 Å². The fraction of sp³-hybridized carbons (Fsp3) is 0.429. The maximum atomic E-state index is 6.41. The number of methoxy groups -OCH3 is 1. The Hall–Kier alpha value is -1.68. The molecule has 2 atom stereocenters. The van der Waals surface area contributed by atoms with E-state index in [1.54, 1.807) is 7.11 Å². The summed E-state index contributed by atoms with van der Waals surface area (Å²) in [7, 11) is 1.75. The van der Waals surface area contributed by atoms with Gasteiger partial charge in [-0.15, -0.1) is 0 Å². The van der Waals surface area contributed by atoms with Crippen molar-refractivity contribution in [1.29, 1.82) is 0 Å². The van der Waals surface area contributed by atoms with E-state index in [9.17, 15) is 0 Å². The predicted octanol–water partition coefficient (Wildman–Crippen LogP) is 4.51. The number of hydrogen-bond acceptors (Lipinski definition) is 3. The highest BCUT2D eigenvalue weighted by Gasteiger charge is 2.50. The topological polar surface area (TPSA) is 27.7 Å². The summed E-state index contributed by atoms with van der Waals surface area (Å²) < 4.78 is 18.6. The Morgan fingerprint density at radius 2 is 1.58 bits per heavy atom. The fourth-order valence-electron chi connectivity index (χ4n) is 3.68. The second-order valence-corrected chi connectivity index (χ2v) is 6.47. The van der Waals surface area contributed by atoms with Gasteiger partial charge in [-0.25, -0.2) is 0 Å². The molecule has 1 heterocycles. The molecule has 0 aliphatic carbocycles. The molecule has 3 nitrogen and oxygen atoms in total. The van der Waals surface area contributed by atoms with Crippen LogP contribution in [0.1, 0.15) is 37.8 Å². The van der Waals surface area contributed by atoms with E-state index in [-0.39, 0.29) is 6.10 Å². The van der Waals surface area contributed by atoms with Crippen molar-refractivity contribution in [3.63, 3.8) is 0 Å². The van der Waals surface area contributed by atoms with Gasteiger partial charge in [0.05, 0.1) is 6.61 Å². The van der Waals surface area contributed by atoms with Crippen molar-refractivity contribution in [3.8, 4) is 0 Å². The second kappa shape index (κ2) is 7.06. The number of rotatable bonds is 6. The van der Waals surface area contributed by atoms with Crippen molar-refractivity contribution in [3.05, 3.63) is 71.8 Å². The highest BCUT2D eigenvalue weighted by molar-refractivity contribution is 5.38. The molecule has 1 saturated heterocycles. The largest absolute Gasteiger partial charge is 0.366 e. The van der Waals surface area contributed by atoms with Crippen molar-refractivity contribution in [1.82, 2.24) is 0 Å². The van der Waals surface area contributed by atoms with Crippen LogP contribution in [-0.4, -0.2) is 25.6 Å². The van der Waals surface area contributed by atoms with Crippen LogP contribution in [0.25, 0.3) is 0 Å². The summed E-state index contributed by atoms with van der Waals surface area (Å²) in [5.41, 5.74) is 1.47. The lowest BCUT2D eigenvalue weighted by Gasteiger charge is -2.38. The number of hydrogen-bond donors (Lipinski definition) is 0. The van der Waals surface area contributed by atoms with Gasteiger partial charge in [0.25, 0.3) is 0 Å². The number of benzene rings is 2. The van der Waals surface area contributed by atoms with Crippen LogP contribution in [0.4, 0.5) is 0 Å². The van der Waals surface area contributed by atoms with Crippen molar-refractivity contribution >= 4 is 0 Å². The zero-order valence-corrected chi connectivity index (χ0v) is 14.7. The van der Waals surface area contributed by atoms with Gasteiger partial charge in [0.1, 0.15) is 11.7 Å². The van der Waals surface area contributed by atoms with Gasteiger partial charge >= 0.3 is 0 Å². The smallest absolute Gasteiger partial charge is 0.166 e. The molecule has 0 N–H and O–H groups in total. The molecule has 0 amide bonds. The highest BCUT2D eigenvalue weighted by atomic mass is 16.8. The first-order valence-electron chi connectivity index (χ1n) is 8.62. The van der Waals surface area contributed by atoms with Crippen LogP contribution in [0.15, 0.2) is 60.7 Å². The molecule has 1 fully saturated rings. The molecule has 128 valence electrons. The summed E-state index contributed by atoms with van der Waals surface area (Å²) in [6, 6.07) is 20.5. The second-order valence-electron chi connectivity index (χ2n) is 6.47. The van der Waals surface area contributed by atoms with Gasteiger partial charge < -0.3 is 14.2 Å². The zero-order valence-electron chi connectivity index (χ0n) is 14.7. The van der Waals surface area contributed by atoms with Gasteiger partial charge in [0.2, 0.25) is 0 Å². The molecule has 0 aromatic heterocycles. The fourth-order valence-corrected chi connectivity index (χ4v) is 3.68. The van der Waals surface area contributed by atoms with Gasteiger partial charge in [-0.1, -0.05) is 74.0 Å². The average Bonchev–Trinajstić information content (AvgIpc) is 3.01. The SMILES string of the molecule is CCCC1(C)OCC(C(OC)(c2ccccc2)c2ccccc2)O1. The first-order valence-corrected chi connectivity index (χ1v) is 8.62. The lowest BCUT2D eigenvalue weighted by atomic mass is 9.81. The molecule has 3 heteroatoms. The summed E-state index contributed by atoms with van der Waals surface area (Å²) in [4.78, 5) is 0. The van der Waals surface area contributed by atoms with Gasteiger partial charge in [0, 0.05) is 13.5 Å². The summed E-state index contributed by atoms with van der Waals surface area (Å²) in [6.45, 7) is 4.67. The minimum atomic E-state index is -0.686. The third-order valence-corrected chi connectivity index (χ3v) is 4.82. The van der Waals surface area contributed by atoms with Gasteiger partial charge in [-0.05, 0) is 18.1 Å². The van der Waals surface area contributed by atoms with Crippen molar-refractivity contribution in [2.45, 2.75) is 44.2 Å². The Morgan fingerprint density at radius 3 is 2.04 bits per heavy atom. The van der Waals surface area contributed by atoms with Crippen LogP contribution < -0.4 is 0 Å². The van der Waals surface area contributed by atoms with Crippen LogP contribution in [0, 0.1) is 0 Å². The zero-order chi connectivity index (χ0) is 17.0. The third-order valence-electron chi connectivity index (χ3n) is 4.82. The van der Waals surface area contributed by atoms with Crippen LogP contribution in [0.2, 0.25) is 0 Å². The standard InChI is InChI=1S/C21H26O3/c1-4-15-20(2)23-16-19(24-20)21(22-3,17-11-7-5-8-12-17)18-13-9-6-10-14-18/h5-14,19H,4,15-16H2,1-3H3. The van der Waals surface area contributed by atoms with Gasteiger partial charge in [-0.3, -0.25) is 0 Å². The van der Waals surface area contributed by atoms with Crippen LogP contribution in [0.3, 0.4) is 0 Å². The quantitative estimate of drug-likeness (QED) is 0.782. The lowest BCUT2D eigenvalue weighted by molar-refractivity contribution is -0.185. The predicted molar refractivity (Wildman–Crippen MR) is 94.8 cm³/mol. The molecule has 0 spiro atoms. The maximum Gasteiger partial charge on any atom is 0.166 e. The summed E-state index contributed by atoms with van der Waals surface area (Å²) in [5.74, 6) is -0.549. The Labute approximate surface area is 144 Å². The Morgan fingerprint density at radius 1 is 1.04 bits per heavy atom. The van der Waals surface area contributed by atoms with E-state index in [0.29, 0.717) is 6.61 Å². The maximum absolute atomic E-state index is 6.41. The molecule has 0 radical (unpaired) electrons. The van der Waals surface area contributed by atoms with Crippen LogP contribution in [0.5, 0.6) is 0 Å². The summed E-state index contributed by atoms with van der Waals surface area (Å²) >= 11 is 0. The molecule has 24 heavy (non-hydrogen) atoms. The van der Waals surface area contributed by atoms with E-state index in [4.69, 9.17) is 14.2 Å². The minimum Gasteiger partial charge on any atom is -0.366 e. The third kappa shape index (κ3) is 3.00. The molecule has 1 aliphatic rings. The first-order chi connectivity index (χ1) is 11.6. The molecular weight excluding hydrogens is 300 g/mol. The lowest BCUT2D eigenvalue weighted by Crippen LogP contribution is -2.45. The minimum absolute atomic E-state index is 0.205. The van der Waals surface area contributed by atoms with Crippen molar-refractivity contribution in [2.75, 3.05) is 13.7 Å². The van der Waals surface area contributed by atoms with Crippen molar-refractivity contribution < 1.29 is 14.2 Å². The summed E-state index contributed by atoms with van der Waals surface area (Å²) in [5, 5.41) is 0. The number of ether oxygens (including phenoxy) is 3. The van der Waals surface area contributed by atoms with Crippen LogP contribution >= 0.6 is 0 Å². The molecule has 2 unspecified atom stereocenters. The van der Waals surface area contributed by atoms with E-state index in [1.165, 1.54) is 0 Å². The summed E-state index contributed by atoms with van der Waals surface area (Å²) in [6.07, 6.45) is 1.68. The van der Waals surface area contributed by atoms with Gasteiger partial charge in [0.15, 0.2) is 5.79 Å². The molecule has 1 aliphatic heterocycles. The highest BCUT2D eigenvalue weighted by Crippen LogP contribution is 2.43. The van der Waals surface area contributed by atoms with E-state index in [2.05, 4.69) is 31.2 Å². The molecule has 2 aromatic carbocycles. The molecule has 2 aromatic rings. The Balaban J connectivity index is 2.07. The van der Waals surface area contributed by atoms with E-state index < -0.39 is 11.4 Å². The molecular formula is C21H26O3. The molecule has 0 saturated carbocycles. The Kier molecular flexibility index (Phi) is 5.04. The monoisotopic (exact) mass is 326 g/mol.